The molecular weight excluding hydrogens is 568 g/mol. The Morgan fingerprint density at radius 3 is 1.76 bits per heavy atom. The summed E-state index contributed by atoms with van der Waals surface area (Å²) < 4.78 is 131. The van der Waals surface area contributed by atoms with Crippen molar-refractivity contribution in [2.45, 2.75) is 86.6 Å². The highest BCUT2D eigenvalue weighted by atomic mass is 32.3. The molecule has 2 N–H and O–H groups in total. The smallest absolute Gasteiger partial charge is 0.457 e. The quantitative estimate of drug-likeness (QED) is 0.287. The Balaban J connectivity index is 1.45. The minimum Gasteiger partial charge on any atom is -0.457 e. The van der Waals surface area contributed by atoms with Crippen molar-refractivity contribution in [2.24, 2.45) is 23.2 Å². The molecular formula is C20H30F4N2O8S3. The van der Waals surface area contributed by atoms with E-state index in [0.29, 0.717) is 49.9 Å². The molecule has 0 atom stereocenters. The summed E-state index contributed by atoms with van der Waals surface area (Å²) in [7, 11) is -19.6. The summed E-state index contributed by atoms with van der Waals surface area (Å²) in [6, 6.07) is 0. The number of alkyl halides is 4. The third kappa shape index (κ3) is 5.39. The molecule has 5 rings (SSSR count). The Kier molecular flexibility index (Phi) is 7.48. The maximum atomic E-state index is 14.7. The minimum atomic E-state index is -6.81. The van der Waals surface area contributed by atoms with Gasteiger partial charge in [-0.3, -0.25) is 0 Å². The molecule has 0 aromatic heterocycles. The lowest BCUT2D eigenvalue weighted by atomic mass is 9.50. The van der Waals surface area contributed by atoms with Crippen molar-refractivity contribution in [3.63, 3.8) is 0 Å². The zero-order chi connectivity index (χ0) is 27.5. The number of esters is 1. The molecule has 0 aromatic rings. The number of rotatable bonds is 10. The molecule has 0 spiro atoms. The Hall–Kier alpha value is -1.04. The van der Waals surface area contributed by atoms with Crippen molar-refractivity contribution in [2.75, 3.05) is 6.54 Å². The monoisotopic (exact) mass is 598 g/mol. The zero-order valence-corrected chi connectivity index (χ0v) is 22.2. The highest BCUT2D eigenvalue weighted by Crippen LogP contribution is 2.59. The van der Waals surface area contributed by atoms with Crippen molar-refractivity contribution >= 4 is 36.0 Å². The fourth-order valence-corrected chi connectivity index (χ4v) is 11.3. The van der Waals surface area contributed by atoms with Crippen molar-refractivity contribution < 1.29 is 52.3 Å². The van der Waals surface area contributed by atoms with Gasteiger partial charge in [0.05, 0.1) is 0 Å². The van der Waals surface area contributed by atoms with Crippen LogP contribution in [0, 0.1) is 23.2 Å². The maximum Gasteiger partial charge on any atom is 0.473 e. The van der Waals surface area contributed by atoms with Gasteiger partial charge in [-0.25, -0.2) is 34.8 Å². The van der Waals surface area contributed by atoms with E-state index in [0.717, 1.165) is 25.7 Å². The molecule has 0 saturated heterocycles. The van der Waals surface area contributed by atoms with Crippen LogP contribution < -0.4 is 8.85 Å². The van der Waals surface area contributed by atoms with E-state index in [1.165, 1.54) is 0 Å². The molecule has 0 amide bonds. The number of hydrogen-bond acceptors (Lipinski definition) is 8. The van der Waals surface area contributed by atoms with Crippen LogP contribution in [0.25, 0.3) is 0 Å². The molecule has 0 radical (unpaired) electrons. The molecule has 0 aliphatic heterocycles. The van der Waals surface area contributed by atoms with E-state index >= 15 is 0 Å². The second-order valence-electron chi connectivity index (χ2n) is 11.0. The molecule has 17 heteroatoms. The van der Waals surface area contributed by atoms with Gasteiger partial charge in [0.2, 0.25) is 0 Å². The number of hydrogen-bond donors (Lipinski definition) is 2. The van der Waals surface area contributed by atoms with Crippen LogP contribution in [-0.4, -0.2) is 53.7 Å². The molecule has 5 saturated carbocycles. The predicted molar refractivity (Wildman–Crippen MR) is 121 cm³/mol. The molecule has 0 unspecified atom stereocenters. The summed E-state index contributed by atoms with van der Waals surface area (Å²) in [5.41, 5.74) is -0.628. The van der Waals surface area contributed by atoms with Gasteiger partial charge in [-0.15, -0.1) is 0 Å². The molecule has 10 nitrogen and oxygen atoms in total. The Morgan fingerprint density at radius 2 is 1.27 bits per heavy atom. The number of halogens is 4. The first-order valence-electron chi connectivity index (χ1n) is 12.1. The largest absolute Gasteiger partial charge is 0.473 e. The first-order valence-corrected chi connectivity index (χ1v) is 16.6. The molecule has 5 fully saturated rings. The topological polar surface area (TPSA) is 153 Å². The summed E-state index contributed by atoms with van der Waals surface area (Å²) >= 11 is 0. The van der Waals surface area contributed by atoms with Gasteiger partial charge in [0, 0.05) is 6.54 Å². The van der Waals surface area contributed by atoms with Crippen LogP contribution in [-0.2, 0) is 39.6 Å². The van der Waals surface area contributed by atoms with Gasteiger partial charge in [0.25, 0.3) is 10.0 Å². The summed E-state index contributed by atoms with van der Waals surface area (Å²) in [5.74, 6) is -1.68. The van der Waals surface area contributed by atoms with E-state index in [9.17, 15) is 47.6 Å². The predicted octanol–water partition coefficient (Wildman–Crippen LogP) is 2.39. The summed E-state index contributed by atoms with van der Waals surface area (Å²) in [5, 5.41) is -5.58. The minimum absolute atomic E-state index is 0.0557. The van der Waals surface area contributed by atoms with Gasteiger partial charge in [-0.05, 0) is 87.4 Å². The van der Waals surface area contributed by atoms with Crippen LogP contribution in [0.2, 0.25) is 0 Å². The SMILES string of the molecule is O=C(OC1CCCCC1)C(F)(F)S(=O)(=O)NS(=O)(=O)C(F)(F)S(=O)(=O)NCC12CC3CC(CC(C3)C1)C2. The van der Waals surface area contributed by atoms with Gasteiger partial charge in [-0.1, -0.05) is 10.5 Å². The third-order valence-corrected chi connectivity index (χ3v) is 13.7. The normalized spacial score (nSPS) is 31.4. The number of carbonyl (C=O) groups is 1. The molecule has 4 bridgehead atoms. The molecule has 5 aliphatic carbocycles. The van der Waals surface area contributed by atoms with E-state index in [2.05, 4.69) is 4.74 Å². The molecule has 214 valence electrons. The Labute approximate surface area is 213 Å². The Morgan fingerprint density at radius 1 is 0.784 bits per heavy atom. The van der Waals surface area contributed by atoms with Gasteiger partial charge < -0.3 is 4.74 Å². The van der Waals surface area contributed by atoms with Crippen LogP contribution in [0.3, 0.4) is 0 Å². The second kappa shape index (κ2) is 9.55. The third-order valence-electron chi connectivity index (χ3n) is 8.05. The number of carbonyl (C=O) groups excluding carboxylic acids is 1. The summed E-state index contributed by atoms with van der Waals surface area (Å²) in [6.07, 6.45) is 5.72. The average molecular weight is 599 g/mol. The molecule has 5 aliphatic rings. The van der Waals surface area contributed by atoms with Crippen LogP contribution in [0.1, 0.15) is 70.6 Å². The fourth-order valence-electron chi connectivity index (χ4n) is 6.74. The number of sulfonamides is 3. The average Bonchev–Trinajstić information content (AvgIpc) is 2.76. The van der Waals surface area contributed by atoms with E-state index < -0.39 is 63.9 Å². The summed E-state index contributed by atoms with van der Waals surface area (Å²) in [6.45, 7) is -0.486. The van der Waals surface area contributed by atoms with Crippen molar-refractivity contribution in [3.05, 3.63) is 0 Å². The van der Waals surface area contributed by atoms with E-state index in [1.54, 1.807) is 4.72 Å². The maximum absolute atomic E-state index is 14.7. The van der Waals surface area contributed by atoms with Gasteiger partial charge in [-0.2, -0.15) is 17.6 Å². The lowest BCUT2D eigenvalue weighted by Crippen LogP contribution is -2.57. The molecule has 37 heavy (non-hydrogen) atoms. The van der Waals surface area contributed by atoms with Gasteiger partial charge in [0.15, 0.2) is 0 Å². The number of nitrogens with one attached hydrogen (secondary N) is 2. The second-order valence-corrected chi connectivity index (χ2v) is 16.8. The fraction of sp³-hybridized carbons (Fsp3) is 0.950. The van der Waals surface area contributed by atoms with E-state index in [1.807, 2.05) is 0 Å². The van der Waals surface area contributed by atoms with Gasteiger partial charge in [0.1, 0.15) is 6.10 Å². The highest BCUT2D eigenvalue weighted by molar-refractivity contribution is 8.13. The van der Waals surface area contributed by atoms with E-state index in [-0.39, 0.29) is 17.0 Å². The first kappa shape index (κ1) is 29.0. The van der Waals surface area contributed by atoms with Crippen LogP contribution in [0.4, 0.5) is 17.6 Å². The lowest BCUT2D eigenvalue weighted by molar-refractivity contribution is -0.168. The highest BCUT2D eigenvalue weighted by Gasteiger charge is 2.64. The summed E-state index contributed by atoms with van der Waals surface area (Å²) in [4.78, 5) is 11.8. The zero-order valence-electron chi connectivity index (χ0n) is 19.8. The van der Waals surface area contributed by atoms with Crippen molar-refractivity contribution in [1.82, 2.24) is 8.85 Å². The molecule has 0 aromatic carbocycles. The standard InChI is InChI=1S/C20H30F4N2O8S3/c21-19(22,17(27)34-16-4-2-1-3-5-16)35(28,29)26-37(32,33)20(23,24)36(30,31)25-12-18-9-13-6-14(10-18)8-15(7-13)11-18/h13-16,25-26H,1-12H2. The van der Waals surface area contributed by atoms with E-state index in [4.69, 9.17) is 0 Å². The van der Waals surface area contributed by atoms with Crippen molar-refractivity contribution in [3.8, 4) is 0 Å². The first-order chi connectivity index (χ1) is 16.9. The molecule has 0 heterocycles. The Bertz CT molecular complexity index is 1200. The lowest BCUT2D eigenvalue weighted by Gasteiger charge is -2.56. The van der Waals surface area contributed by atoms with Crippen LogP contribution >= 0.6 is 0 Å². The van der Waals surface area contributed by atoms with Crippen LogP contribution in [0.5, 0.6) is 0 Å². The van der Waals surface area contributed by atoms with Crippen LogP contribution in [0.15, 0.2) is 0 Å². The van der Waals surface area contributed by atoms with Gasteiger partial charge >= 0.3 is 35.9 Å². The van der Waals surface area contributed by atoms with Crippen molar-refractivity contribution in [1.29, 1.82) is 0 Å². The number of ether oxygens (including phenoxy) is 1.